The Morgan fingerprint density at radius 1 is 1.22 bits per heavy atom. The summed E-state index contributed by atoms with van der Waals surface area (Å²) in [5.41, 5.74) is 8.11. The van der Waals surface area contributed by atoms with Gasteiger partial charge in [0.2, 0.25) is 0 Å². The van der Waals surface area contributed by atoms with Gasteiger partial charge in [-0.3, -0.25) is 10.0 Å². The van der Waals surface area contributed by atoms with E-state index in [4.69, 9.17) is 15.7 Å². The molecule has 0 saturated carbocycles. The molecule has 2 aromatic carbocycles. The van der Waals surface area contributed by atoms with Gasteiger partial charge in [0.15, 0.2) is 0 Å². The predicted octanol–water partition coefficient (Wildman–Crippen LogP) is 1.92. The van der Waals surface area contributed by atoms with Crippen molar-refractivity contribution in [1.29, 1.82) is 0 Å². The SMILES string of the molecule is NC(Cc1ccc(OCc2ccc(F)cc2F)cc1)C(=O)NO. The molecule has 0 saturated heterocycles. The molecule has 0 aliphatic rings. The fourth-order valence-electron chi connectivity index (χ4n) is 1.95. The third-order valence-corrected chi connectivity index (χ3v) is 3.24. The van der Waals surface area contributed by atoms with E-state index >= 15 is 0 Å². The van der Waals surface area contributed by atoms with E-state index in [1.54, 1.807) is 24.3 Å². The van der Waals surface area contributed by atoms with Gasteiger partial charge in [-0.05, 0) is 36.2 Å². The van der Waals surface area contributed by atoms with Gasteiger partial charge >= 0.3 is 0 Å². The van der Waals surface area contributed by atoms with Crippen LogP contribution >= 0.6 is 0 Å². The van der Waals surface area contributed by atoms with Crippen LogP contribution in [0.3, 0.4) is 0 Å². The van der Waals surface area contributed by atoms with Crippen molar-refractivity contribution in [1.82, 2.24) is 5.48 Å². The molecule has 0 aliphatic heterocycles. The minimum Gasteiger partial charge on any atom is -0.489 e. The molecule has 2 aromatic rings. The second-order valence-corrected chi connectivity index (χ2v) is 4.96. The lowest BCUT2D eigenvalue weighted by molar-refractivity contribution is -0.130. The van der Waals surface area contributed by atoms with E-state index in [1.807, 2.05) is 0 Å². The van der Waals surface area contributed by atoms with Crippen LogP contribution in [0, 0.1) is 11.6 Å². The van der Waals surface area contributed by atoms with Crippen molar-refractivity contribution in [2.24, 2.45) is 5.73 Å². The van der Waals surface area contributed by atoms with Gasteiger partial charge in [0.25, 0.3) is 5.91 Å². The molecule has 5 nitrogen and oxygen atoms in total. The third kappa shape index (κ3) is 4.73. The highest BCUT2D eigenvalue weighted by Gasteiger charge is 2.13. The van der Waals surface area contributed by atoms with Crippen LogP contribution in [-0.4, -0.2) is 17.2 Å². The van der Waals surface area contributed by atoms with E-state index in [1.165, 1.54) is 17.6 Å². The molecule has 1 atom stereocenters. The van der Waals surface area contributed by atoms with Crippen molar-refractivity contribution >= 4 is 5.91 Å². The molecule has 0 bridgehead atoms. The van der Waals surface area contributed by atoms with E-state index in [9.17, 15) is 13.6 Å². The number of carbonyl (C=O) groups is 1. The molecule has 0 radical (unpaired) electrons. The van der Waals surface area contributed by atoms with E-state index in [2.05, 4.69) is 0 Å². The van der Waals surface area contributed by atoms with Crippen LogP contribution in [-0.2, 0) is 17.8 Å². The first-order valence-corrected chi connectivity index (χ1v) is 6.85. The van der Waals surface area contributed by atoms with Gasteiger partial charge in [0, 0.05) is 11.6 Å². The fourth-order valence-corrected chi connectivity index (χ4v) is 1.95. The number of hydrogen-bond donors (Lipinski definition) is 3. The smallest absolute Gasteiger partial charge is 0.260 e. The zero-order valence-corrected chi connectivity index (χ0v) is 12.1. The molecule has 0 fully saturated rings. The molecule has 2 rings (SSSR count). The number of rotatable bonds is 6. The van der Waals surface area contributed by atoms with Crippen LogP contribution in [0.4, 0.5) is 8.78 Å². The molecule has 0 aromatic heterocycles. The summed E-state index contributed by atoms with van der Waals surface area (Å²) in [5.74, 6) is -1.48. The van der Waals surface area contributed by atoms with Gasteiger partial charge in [0.1, 0.15) is 24.0 Å². The molecule has 0 spiro atoms. The van der Waals surface area contributed by atoms with Gasteiger partial charge in [-0.2, -0.15) is 0 Å². The molecule has 1 unspecified atom stereocenters. The van der Waals surface area contributed by atoms with Gasteiger partial charge in [-0.25, -0.2) is 14.3 Å². The van der Waals surface area contributed by atoms with Gasteiger partial charge < -0.3 is 10.5 Å². The van der Waals surface area contributed by atoms with Crippen molar-refractivity contribution < 1.29 is 23.5 Å². The number of hydroxylamine groups is 1. The third-order valence-electron chi connectivity index (χ3n) is 3.24. The van der Waals surface area contributed by atoms with Gasteiger partial charge in [-0.1, -0.05) is 12.1 Å². The first-order valence-electron chi connectivity index (χ1n) is 6.85. The maximum atomic E-state index is 13.5. The number of carbonyl (C=O) groups excluding carboxylic acids is 1. The van der Waals surface area contributed by atoms with Crippen LogP contribution < -0.4 is 16.0 Å². The molecule has 4 N–H and O–H groups in total. The van der Waals surface area contributed by atoms with E-state index in [0.717, 1.165) is 11.6 Å². The zero-order chi connectivity index (χ0) is 16.8. The van der Waals surface area contributed by atoms with Crippen LogP contribution in [0.15, 0.2) is 42.5 Å². The Kier molecular flexibility index (Phi) is 5.61. The molecule has 23 heavy (non-hydrogen) atoms. The second kappa shape index (κ2) is 7.66. The summed E-state index contributed by atoms with van der Waals surface area (Å²) in [6.45, 7) is -0.0299. The van der Waals surface area contributed by atoms with E-state index < -0.39 is 23.6 Å². The number of nitrogens with two attached hydrogens (primary N) is 1. The van der Waals surface area contributed by atoms with Crippen LogP contribution in [0.2, 0.25) is 0 Å². The van der Waals surface area contributed by atoms with E-state index in [0.29, 0.717) is 5.75 Å². The quantitative estimate of drug-likeness (QED) is 0.560. The van der Waals surface area contributed by atoms with Crippen LogP contribution in [0.1, 0.15) is 11.1 Å². The minimum atomic E-state index is -0.861. The Hall–Kier alpha value is -2.51. The molecular formula is C16H16F2N2O3. The Balaban J connectivity index is 1.93. The topological polar surface area (TPSA) is 84.6 Å². The Labute approximate surface area is 131 Å². The van der Waals surface area contributed by atoms with Gasteiger partial charge in [-0.15, -0.1) is 0 Å². The highest BCUT2D eigenvalue weighted by Crippen LogP contribution is 2.17. The lowest BCUT2D eigenvalue weighted by Crippen LogP contribution is -2.40. The number of hydrogen-bond acceptors (Lipinski definition) is 4. The molecular weight excluding hydrogens is 306 g/mol. The predicted molar refractivity (Wildman–Crippen MR) is 78.7 cm³/mol. The maximum Gasteiger partial charge on any atom is 0.260 e. The normalized spacial score (nSPS) is 11.8. The number of amides is 1. The first kappa shape index (κ1) is 16.9. The first-order chi connectivity index (χ1) is 11.0. The molecule has 1 amide bonds. The Bertz CT molecular complexity index is 678. The van der Waals surface area contributed by atoms with Crippen LogP contribution in [0.5, 0.6) is 5.75 Å². The molecule has 0 heterocycles. The van der Waals surface area contributed by atoms with Crippen molar-refractivity contribution in [3.8, 4) is 5.75 Å². The summed E-state index contributed by atoms with van der Waals surface area (Å²) < 4.78 is 31.7. The van der Waals surface area contributed by atoms with Crippen molar-refractivity contribution in [2.45, 2.75) is 19.1 Å². The fraction of sp³-hybridized carbons (Fsp3) is 0.188. The highest BCUT2D eigenvalue weighted by molar-refractivity contribution is 5.80. The highest BCUT2D eigenvalue weighted by atomic mass is 19.1. The summed E-state index contributed by atoms with van der Waals surface area (Å²) in [6.07, 6.45) is 0.249. The summed E-state index contributed by atoms with van der Waals surface area (Å²) in [4.78, 5) is 11.1. The average Bonchev–Trinajstić information content (AvgIpc) is 2.54. The number of benzene rings is 2. The number of nitrogens with one attached hydrogen (secondary N) is 1. The largest absolute Gasteiger partial charge is 0.489 e. The van der Waals surface area contributed by atoms with Crippen molar-refractivity contribution in [2.75, 3.05) is 0 Å². The second-order valence-electron chi connectivity index (χ2n) is 4.96. The molecule has 122 valence electrons. The minimum absolute atomic E-state index is 0.0299. The van der Waals surface area contributed by atoms with Crippen molar-refractivity contribution in [3.05, 3.63) is 65.2 Å². The Morgan fingerprint density at radius 2 is 1.91 bits per heavy atom. The maximum absolute atomic E-state index is 13.5. The lowest BCUT2D eigenvalue weighted by Gasteiger charge is -2.11. The summed E-state index contributed by atoms with van der Waals surface area (Å²) in [7, 11) is 0. The number of ether oxygens (including phenoxy) is 1. The standard InChI is InChI=1S/C16H16F2N2O3/c17-12-4-3-11(14(18)8-12)9-23-13-5-1-10(2-6-13)7-15(19)16(21)20-22/h1-6,8,15,22H,7,9,19H2,(H,20,21). The summed E-state index contributed by atoms with van der Waals surface area (Å²) in [6, 6.07) is 9.15. The van der Waals surface area contributed by atoms with Crippen molar-refractivity contribution in [3.63, 3.8) is 0 Å². The summed E-state index contributed by atoms with van der Waals surface area (Å²) in [5, 5.41) is 8.49. The zero-order valence-electron chi connectivity index (χ0n) is 12.1. The number of halogens is 2. The van der Waals surface area contributed by atoms with E-state index in [-0.39, 0.29) is 18.6 Å². The molecule has 0 aliphatic carbocycles. The lowest BCUT2D eigenvalue weighted by atomic mass is 10.1. The molecule has 7 heteroatoms. The monoisotopic (exact) mass is 322 g/mol. The Morgan fingerprint density at radius 3 is 2.52 bits per heavy atom. The summed E-state index contributed by atoms with van der Waals surface area (Å²) >= 11 is 0. The van der Waals surface area contributed by atoms with Gasteiger partial charge in [0.05, 0.1) is 6.04 Å². The average molecular weight is 322 g/mol. The van der Waals surface area contributed by atoms with Crippen LogP contribution in [0.25, 0.3) is 0 Å².